The molecular weight excluding hydrogens is 324 g/mol. The number of anilines is 2. The maximum absolute atomic E-state index is 12.3. The van der Waals surface area contributed by atoms with E-state index in [-0.39, 0.29) is 18.4 Å². The number of para-hydroxylation sites is 1. The SMILES string of the molecule is CCOc1ccc(NC(=O)CN2C(=O)CSc3ccccc32)cc1. The molecule has 1 heterocycles. The third-order valence-corrected chi connectivity index (χ3v) is 4.61. The molecule has 0 saturated heterocycles. The van der Waals surface area contributed by atoms with Crippen molar-refractivity contribution in [2.24, 2.45) is 0 Å². The molecule has 6 heteroatoms. The molecule has 3 rings (SSSR count). The lowest BCUT2D eigenvalue weighted by atomic mass is 10.2. The van der Waals surface area contributed by atoms with Crippen molar-refractivity contribution in [3.05, 3.63) is 48.5 Å². The fourth-order valence-electron chi connectivity index (χ4n) is 2.47. The highest BCUT2D eigenvalue weighted by Gasteiger charge is 2.26. The lowest BCUT2D eigenvalue weighted by Gasteiger charge is -2.28. The van der Waals surface area contributed by atoms with Gasteiger partial charge in [0.1, 0.15) is 12.3 Å². The fraction of sp³-hybridized carbons (Fsp3) is 0.222. The van der Waals surface area contributed by atoms with Crippen LogP contribution in [0, 0.1) is 0 Å². The predicted molar refractivity (Wildman–Crippen MR) is 95.8 cm³/mol. The van der Waals surface area contributed by atoms with Crippen LogP contribution >= 0.6 is 11.8 Å². The Hall–Kier alpha value is -2.47. The Bertz CT molecular complexity index is 746. The van der Waals surface area contributed by atoms with E-state index in [2.05, 4.69) is 5.32 Å². The molecule has 5 nitrogen and oxygen atoms in total. The van der Waals surface area contributed by atoms with Crippen molar-refractivity contribution in [3.8, 4) is 5.75 Å². The maximum atomic E-state index is 12.3. The van der Waals surface area contributed by atoms with Crippen molar-refractivity contribution in [1.29, 1.82) is 0 Å². The molecule has 0 aliphatic carbocycles. The number of nitrogens with zero attached hydrogens (tertiary/aromatic N) is 1. The van der Waals surface area contributed by atoms with Crippen LogP contribution in [-0.4, -0.2) is 30.7 Å². The van der Waals surface area contributed by atoms with Crippen molar-refractivity contribution in [3.63, 3.8) is 0 Å². The van der Waals surface area contributed by atoms with Crippen molar-refractivity contribution < 1.29 is 14.3 Å². The number of hydrogen-bond donors (Lipinski definition) is 1. The third kappa shape index (κ3) is 3.71. The second kappa shape index (κ2) is 7.40. The zero-order valence-electron chi connectivity index (χ0n) is 13.3. The molecule has 1 aliphatic rings. The van der Waals surface area contributed by atoms with Gasteiger partial charge in [-0.05, 0) is 43.3 Å². The van der Waals surface area contributed by atoms with E-state index >= 15 is 0 Å². The first-order chi connectivity index (χ1) is 11.7. The average Bonchev–Trinajstić information content (AvgIpc) is 2.59. The zero-order chi connectivity index (χ0) is 16.9. The van der Waals surface area contributed by atoms with E-state index in [4.69, 9.17) is 4.74 Å². The number of benzene rings is 2. The number of hydrogen-bond acceptors (Lipinski definition) is 4. The smallest absolute Gasteiger partial charge is 0.244 e. The highest BCUT2D eigenvalue weighted by atomic mass is 32.2. The van der Waals surface area contributed by atoms with Crippen molar-refractivity contribution in [2.75, 3.05) is 29.1 Å². The Morgan fingerprint density at radius 3 is 2.71 bits per heavy atom. The Balaban J connectivity index is 1.67. The van der Waals surface area contributed by atoms with Gasteiger partial charge in [-0.25, -0.2) is 0 Å². The Morgan fingerprint density at radius 2 is 1.96 bits per heavy atom. The topological polar surface area (TPSA) is 58.6 Å². The van der Waals surface area contributed by atoms with Crippen LogP contribution in [0.4, 0.5) is 11.4 Å². The molecule has 24 heavy (non-hydrogen) atoms. The van der Waals surface area contributed by atoms with Gasteiger partial charge < -0.3 is 15.0 Å². The van der Waals surface area contributed by atoms with Crippen molar-refractivity contribution in [2.45, 2.75) is 11.8 Å². The highest BCUT2D eigenvalue weighted by molar-refractivity contribution is 8.00. The minimum absolute atomic E-state index is 0.00359. The molecule has 124 valence electrons. The molecule has 2 amide bonds. The third-order valence-electron chi connectivity index (χ3n) is 3.56. The summed E-state index contributed by atoms with van der Waals surface area (Å²) < 4.78 is 5.37. The molecule has 0 fully saturated rings. The molecule has 0 bridgehead atoms. The van der Waals surface area contributed by atoms with E-state index in [1.807, 2.05) is 31.2 Å². The number of carbonyl (C=O) groups is 2. The largest absolute Gasteiger partial charge is 0.494 e. The Morgan fingerprint density at radius 1 is 1.21 bits per heavy atom. The van der Waals surface area contributed by atoms with Crippen LogP contribution in [0.5, 0.6) is 5.75 Å². The number of ether oxygens (including phenoxy) is 1. The summed E-state index contributed by atoms with van der Waals surface area (Å²) in [5, 5.41) is 2.81. The van der Waals surface area contributed by atoms with Crippen LogP contribution in [0.25, 0.3) is 0 Å². The predicted octanol–water partition coefficient (Wildman–Crippen LogP) is 3.16. The molecule has 1 N–H and O–H groups in total. The molecule has 0 atom stereocenters. The molecule has 0 spiro atoms. The maximum Gasteiger partial charge on any atom is 0.244 e. The minimum Gasteiger partial charge on any atom is -0.494 e. The van der Waals surface area contributed by atoms with E-state index in [9.17, 15) is 9.59 Å². The summed E-state index contributed by atoms with van der Waals surface area (Å²) in [6.45, 7) is 2.52. The number of carbonyl (C=O) groups excluding carboxylic acids is 2. The first-order valence-corrected chi connectivity index (χ1v) is 8.71. The van der Waals surface area contributed by atoms with Gasteiger partial charge in [0.25, 0.3) is 0 Å². The molecule has 0 aromatic heterocycles. The molecule has 2 aromatic carbocycles. The van der Waals surface area contributed by atoms with Gasteiger partial charge in [0, 0.05) is 10.6 Å². The van der Waals surface area contributed by atoms with Gasteiger partial charge in [-0.1, -0.05) is 12.1 Å². The number of nitrogens with one attached hydrogen (secondary N) is 1. The van der Waals surface area contributed by atoms with Crippen LogP contribution in [0.2, 0.25) is 0 Å². The molecule has 0 saturated carbocycles. The summed E-state index contributed by atoms with van der Waals surface area (Å²) in [5.41, 5.74) is 1.47. The average molecular weight is 342 g/mol. The first-order valence-electron chi connectivity index (χ1n) is 7.72. The van der Waals surface area contributed by atoms with Gasteiger partial charge in [-0.15, -0.1) is 11.8 Å². The van der Waals surface area contributed by atoms with E-state index < -0.39 is 0 Å². The minimum atomic E-state index is -0.228. The monoisotopic (exact) mass is 342 g/mol. The number of rotatable bonds is 5. The summed E-state index contributed by atoms with van der Waals surface area (Å²) in [4.78, 5) is 27.0. The first kappa shape index (κ1) is 16.4. The van der Waals surface area contributed by atoms with E-state index in [0.29, 0.717) is 18.0 Å². The summed E-state index contributed by atoms with van der Waals surface area (Å²) in [7, 11) is 0. The van der Waals surface area contributed by atoms with Gasteiger partial charge >= 0.3 is 0 Å². The second-order valence-corrected chi connectivity index (χ2v) is 6.26. The molecule has 0 unspecified atom stereocenters. The molecule has 1 aliphatic heterocycles. The standard InChI is InChI=1S/C18H18N2O3S/c1-2-23-14-9-7-13(8-10-14)19-17(21)11-20-15-5-3-4-6-16(15)24-12-18(20)22/h3-10H,2,11-12H2,1H3,(H,19,21). The molecule has 2 aromatic rings. The Kier molecular flexibility index (Phi) is 5.05. The lowest BCUT2D eigenvalue weighted by molar-refractivity contribution is -0.120. The van der Waals surface area contributed by atoms with Gasteiger partial charge in [-0.2, -0.15) is 0 Å². The summed E-state index contributed by atoms with van der Waals surface area (Å²) in [6.07, 6.45) is 0. The van der Waals surface area contributed by atoms with Gasteiger partial charge in [0.15, 0.2) is 0 Å². The van der Waals surface area contributed by atoms with Gasteiger partial charge in [0.05, 0.1) is 18.0 Å². The molecule has 0 radical (unpaired) electrons. The highest BCUT2D eigenvalue weighted by Crippen LogP contribution is 2.34. The quantitative estimate of drug-likeness (QED) is 0.907. The van der Waals surface area contributed by atoms with Crippen LogP contribution in [-0.2, 0) is 9.59 Å². The molecular formula is C18H18N2O3S. The van der Waals surface area contributed by atoms with Crippen LogP contribution < -0.4 is 15.0 Å². The Labute approximate surface area is 145 Å². The normalized spacial score (nSPS) is 13.4. The van der Waals surface area contributed by atoms with Crippen LogP contribution in [0.15, 0.2) is 53.4 Å². The number of fused-ring (bicyclic) bond motifs is 1. The van der Waals surface area contributed by atoms with E-state index in [1.54, 1.807) is 24.3 Å². The van der Waals surface area contributed by atoms with Gasteiger partial charge in [-0.3, -0.25) is 9.59 Å². The fourth-order valence-corrected chi connectivity index (χ4v) is 3.41. The van der Waals surface area contributed by atoms with Crippen LogP contribution in [0.1, 0.15) is 6.92 Å². The van der Waals surface area contributed by atoms with Crippen molar-refractivity contribution >= 4 is 35.0 Å². The number of thioether (sulfide) groups is 1. The zero-order valence-corrected chi connectivity index (χ0v) is 14.1. The van der Waals surface area contributed by atoms with Crippen LogP contribution in [0.3, 0.4) is 0 Å². The number of amides is 2. The lowest BCUT2D eigenvalue weighted by Crippen LogP contribution is -2.41. The summed E-state index contributed by atoms with van der Waals surface area (Å²) in [6, 6.07) is 14.8. The van der Waals surface area contributed by atoms with Gasteiger partial charge in [0.2, 0.25) is 11.8 Å². The van der Waals surface area contributed by atoms with E-state index in [0.717, 1.165) is 16.3 Å². The summed E-state index contributed by atoms with van der Waals surface area (Å²) in [5.74, 6) is 0.829. The van der Waals surface area contributed by atoms with Crippen molar-refractivity contribution in [1.82, 2.24) is 0 Å². The summed E-state index contributed by atoms with van der Waals surface area (Å²) >= 11 is 1.50. The second-order valence-electron chi connectivity index (χ2n) is 5.24. The van der Waals surface area contributed by atoms with E-state index in [1.165, 1.54) is 16.7 Å².